The maximum absolute atomic E-state index is 12.3. The lowest BCUT2D eigenvalue weighted by atomic mass is 10.0. The predicted molar refractivity (Wildman–Crippen MR) is 93.9 cm³/mol. The van der Waals surface area contributed by atoms with Crippen LogP contribution in [0, 0.1) is 0 Å². The van der Waals surface area contributed by atoms with Gasteiger partial charge < -0.3 is 15.7 Å². The van der Waals surface area contributed by atoms with Gasteiger partial charge in [-0.2, -0.15) is 0 Å². The summed E-state index contributed by atoms with van der Waals surface area (Å²) in [6.45, 7) is 3.32. The van der Waals surface area contributed by atoms with E-state index >= 15 is 0 Å². The average Bonchev–Trinajstić information content (AvgIpc) is 2.59. The molecule has 0 fully saturated rings. The Balaban J connectivity index is 2.06. The summed E-state index contributed by atoms with van der Waals surface area (Å²) in [4.78, 5) is 23.3. The van der Waals surface area contributed by atoms with Crippen molar-refractivity contribution in [3.63, 3.8) is 0 Å². The van der Waals surface area contributed by atoms with E-state index in [0.29, 0.717) is 11.3 Å². The molecular formula is C19H22N2O3. The lowest BCUT2D eigenvalue weighted by Gasteiger charge is -2.17. The first kappa shape index (κ1) is 17.7. The molecule has 0 aromatic heterocycles. The molecule has 0 aliphatic heterocycles. The quantitative estimate of drug-likeness (QED) is 0.763. The Morgan fingerprint density at radius 2 is 1.67 bits per heavy atom. The van der Waals surface area contributed by atoms with Crippen molar-refractivity contribution in [1.82, 2.24) is 5.32 Å². The van der Waals surface area contributed by atoms with Crippen molar-refractivity contribution in [1.29, 1.82) is 0 Å². The van der Waals surface area contributed by atoms with Crippen LogP contribution in [0.5, 0.6) is 0 Å². The lowest BCUT2D eigenvalue weighted by molar-refractivity contribution is -0.114. The van der Waals surface area contributed by atoms with E-state index in [4.69, 9.17) is 0 Å². The van der Waals surface area contributed by atoms with E-state index in [2.05, 4.69) is 17.6 Å². The van der Waals surface area contributed by atoms with E-state index in [9.17, 15) is 14.7 Å². The summed E-state index contributed by atoms with van der Waals surface area (Å²) in [6, 6.07) is 14.0. The van der Waals surface area contributed by atoms with Crippen molar-refractivity contribution < 1.29 is 14.7 Å². The summed E-state index contributed by atoms with van der Waals surface area (Å²) in [7, 11) is 0. The van der Waals surface area contributed by atoms with Crippen LogP contribution < -0.4 is 10.6 Å². The van der Waals surface area contributed by atoms with Crippen LogP contribution >= 0.6 is 0 Å². The van der Waals surface area contributed by atoms with E-state index in [1.165, 1.54) is 12.5 Å². The molecule has 2 rings (SSSR count). The van der Waals surface area contributed by atoms with Crippen LogP contribution in [0.4, 0.5) is 5.69 Å². The zero-order valence-corrected chi connectivity index (χ0v) is 13.9. The molecule has 0 saturated heterocycles. The van der Waals surface area contributed by atoms with Crippen LogP contribution in [0.3, 0.4) is 0 Å². The summed E-state index contributed by atoms with van der Waals surface area (Å²) >= 11 is 0. The molecule has 0 radical (unpaired) electrons. The van der Waals surface area contributed by atoms with E-state index in [1.807, 2.05) is 24.3 Å². The Morgan fingerprint density at radius 1 is 1.04 bits per heavy atom. The van der Waals surface area contributed by atoms with E-state index in [-0.39, 0.29) is 18.4 Å². The van der Waals surface area contributed by atoms with Gasteiger partial charge in [0.25, 0.3) is 5.91 Å². The molecular weight excluding hydrogens is 304 g/mol. The van der Waals surface area contributed by atoms with Gasteiger partial charge >= 0.3 is 0 Å². The van der Waals surface area contributed by atoms with Crippen molar-refractivity contribution in [2.45, 2.75) is 26.3 Å². The fraction of sp³-hybridized carbons (Fsp3) is 0.263. The minimum atomic E-state index is -0.460. The van der Waals surface area contributed by atoms with Gasteiger partial charge in [-0.25, -0.2) is 0 Å². The van der Waals surface area contributed by atoms with Gasteiger partial charge in [-0.1, -0.05) is 31.2 Å². The average molecular weight is 326 g/mol. The summed E-state index contributed by atoms with van der Waals surface area (Å²) < 4.78 is 0. The number of aryl methyl sites for hydroxylation is 1. The van der Waals surface area contributed by atoms with Gasteiger partial charge in [0.15, 0.2) is 0 Å². The number of anilines is 1. The van der Waals surface area contributed by atoms with Crippen molar-refractivity contribution in [2.75, 3.05) is 11.9 Å². The molecule has 1 atom stereocenters. The molecule has 24 heavy (non-hydrogen) atoms. The number of aliphatic hydroxyl groups is 1. The standard InChI is InChI=1S/C19H22N2O3/c1-3-14-4-6-15(7-5-14)18(12-22)21-19(24)16-8-10-17(11-9-16)20-13(2)23/h4-11,18,22H,3,12H2,1-2H3,(H,20,23)(H,21,24). The van der Waals surface area contributed by atoms with Crippen molar-refractivity contribution >= 4 is 17.5 Å². The normalized spacial score (nSPS) is 11.6. The second-order valence-electron chi connectivity index (χ2n) is 5.56. The van der Waals surface area contributed by atoms with Crippen molar-refractivity contribution in [3.05, 3.63) is 65.2 Å². The molecule has 5 nitrogen and oxygen atoms in total. The van der Waals surface area contributed by atoms with E-state index in [1.54, 1.807) is 24.3 Å². The summed E-state index contributed by atoms with van der Waals surface area (Å²) in [5.41, 5.74) is 3.16. The van der Waals surface area contributed by atoms with Gasteiger partial charge in [0.05, 0.1) is 12.6 Å². The van der Waals surface area contributed by atoms with Gasteiger partial charge in [-0.05, 0) is 41.8 Å². The molecule has 0 aliphatic rings. The molecule has 2 amide bonds. The van der Waals surface area contributed by atoms with Crippen LogP contribution in [0.2, 0.25) is 0 Å². The van der Waals surface area contributed by atoms with Gasteiger partial charge in [-0.3, -0.25) is 9.59 Å². The molecule has 0 bridgehead atoms. The molecule has 2 aromatic rings. The third-order valence-electron chi connectivity index (χ3n) is 3.75. The van der Waals surface area contributed by atoms with Crippen LogP contribution in [0.15, 0.2) is 48.5 Å². The van der Waals surface area contributed by atoms with Gasteiger partial charge in [0, 0.05) is 18.2 Å². The zero-order chi connectivity index (χ0) is 17.5. The molecule has 0 heterocycles. The first-order valence-corrected chi connectivity index (χ1v) is 7.91. The highest BCUT2D eigenvalue weighted by molar-refractivity contribution is 5.95. The maximum Gasteiger partial charge on any atom is 0.251 e. The summed E-state index contributed by atoms with van der Waals surface area (Å²) in [5.74, 6) is -0.439. The van der Waals surface area contributed by atoms with E-state index < -0.39 is 6.04 Å². The van der Waals surface area contributed by atoms with Crippen molar-refractivity contribution in [2.24, 2.45) is 0 Å². The number of nitrogens with one attached hydrogen (secondary N) is 2. The number of hydrogen-bond acceptors (Lipinski definition) is 3. The Morgan fingerprint density at radius 3 is 2.17 bits per heavy atom. The highest BCUT2D eigenvalue weighted by atomic mass is 16.3. The maximum atomic E-state index is 12.3. The third kappa shape index (κ3) is 4.67. The molecule has 0 spiro atoms. The lowest BCUT2D eigenvalue weighted by Crippen LogP contribution is -2.30. The summed E-state index contributed by atoms with van der Waals surface area (Å²) in [5, 5.41) is 15.1. The van der Waals surface area contributed by atoms with Crippen LogP contribution in [-0.2, 0) is 11.2 Å². The van der Waals surface area contributed by atoms with Crippen LogP contribution in [0.1, 0.15) is 41.4 Å². The smallest absolute Gasteiger partial charge is 0.251 e. The second-order valence-corrected chi connectivity index (χ2v) is 5.56. The monoisotopic (exact) mass is 326 g/mol. The number of hydrogen-bond donors (Lipinski definition) is 3. The van der Waals surface area contributed by atoms with Gasteiger partial charge in [-0.15, -0.1) is 0 Å². The molecule has 2 aromatic carbocycles. The number of benzene rings is 2. The molecule has 1 unspecified atom stereocenters. The number of carbonyl (C=O) groups is 2. The van der Waals surface area contributed by atoms with Gasteiger partial charge in [0.1, 0.15) is 0 Å². The third-order valence-corrected chi connectivity index (χ3v) is 3.75. The Kier molecular flexibility index (Phi) is 6.09. The van der Waals surface area contributed by atoms with Crippen LogP contribution in [0.25, 0.3) is 0 Å². The molecule has 0 saturated carbocycles. The Hall–Kier alpha value is -2.66. The Bertz CT molecular complexity index is 694. The van der Waals surface area contributed by atoms with Crippen LogP contribution in [-0.4, -0.2) is 23.5 Å². The minimum Gasteiger partial charge on any atom is -0.394 e. The molecule has 5 heteroatoms. The summed E-state index contributed by atoms with van der Waals surface area (Å²) in [6.07, 6.45) is 0.942. The number of carbonyl (C=O) groups excluding carboxylic acids is 2. The fourth-order valence-corrected chi connectivity index (χ4v) is 2.37. The van der Waals surface area contributed by atoms with Crippen molar-refractivity contribution in [3.8, 4) is 0 Å². The molecule has 0 aliphatic carbocycles. The SMILES string of the molecule is CCc1ccc(C(CO)NC(=O)c2ccc(NC(C)=O)cc2)cc1. The first-order valence-electron chi connectivity index (χ1n) is 7.91. The fourth-order valence-electron chi connectivity index (χ4n) is 2.37. The second kappa shape index (κ2) is 8.26. The first-order chi connectivity index (χ1) is 11.5. The Labute approximate surface area is 141 Å². The molecule has 126 valence electrons. The largest absolute Gasteiger partial charge is 0.394 e. The highest BCUT2D eigenvalue weighted by Gasteiger charge is 2.15. The number of rotatable bonds is 6. The van der Waals surface area contributed by atoms with E-state index in [0.717, 1.165) is 12.0 Å². The van der Waals surface area contributed by atoms with Gasteiger partial charge in [0.2, 0.25) is 5.91 Å². The number of aliphatic hydroxyl groups excluding tert-OH is 1. The predicted octanol–water partition coefficient (Wildman–Crippen LogP) is 2.67. The topological polar surface area (TPSA) is 78.4 Å². The highest BCUT2D eigenvalue weighted by Crippen LogP contribution is 2.16. The zero-order valence-electron chi connectivity index (χ0n) is 13.9. The number of amides is 2. The molecule has 3 N–H and O–H groups in total. The minimum absolute atomic E-state index is 0.164.